The van der Waals surface area contributed by atoms with Gasteiger partial charge in [-0.05, 0) is 23.3 Å². The summed E-state index contributed by atoms with van der Waals surface area (Å²) in [6, 6.07) is 12.8. The van der Waals surface area contributed by atoms with Gasteiger partial charge in [-0.1, -0.05) is 36.4 Å². The Balaban J connectivity index is 2.06. The van der Waals surface area contributed by atoms with Crippen LogP contribution in [0, 0.1) is 0 Å². The predicted molar refractivity (Wildman–Crippen MR) is 78.0 cm³/mol. The average Bonchev–Trinajstić information content (AvgIpc) is 3.01. The summed E-state index contributed by atoms with van der Waals surface area (Å²) in [4.78, 5) is 4.27. The van der Waals surface area contributed by atoms with Gasteiger partial charge < -0.3 is 0 Å². The van der Waals surface area contributed by atoms with Crippen LogP contribution in [0.1, 0.15) is 5.56 Å². The molecule has 0 aliphatic carbocycles. The van der Waals surface area contributed by atoms with Gasteiger partial charge in [-0.25, -0.2) is 4.98 Å². The molecule has 0 fully saturated rings. The van der Waals surface area contributed by atoms with Crippen molar-refractivity contribution in [3.8, 4) is 21.7 Å². The van der Waals surface area contributed by atoms with Crippen LogP contribution in [0.2, 0.25) is 0 Å². The van der Waals surface area contributed by atoms with Crippen LogP contribution in [0.5, 0.6) is 0 Å². The molecule has 0 aliphatic rings. The summed E-state index contributed by atoms with van der Waals surface area (Å²) < 4.78 is 37.8. The lowest BCUT2D eigenvalue weighted by molar-refractivity contribution is -0.137. The molecule has 2 aromatic carbocycles. The van der Waals surface area contributed by atoms with Gasteiger partial charge in [0.25, 0.3) is 0 Å². The van der Waals surface area contributed by atoms with E-state index in [0.29, 0.717) is 0 Å². The van der Waals surface area contributed by atoms with E-state index in [9.17, 15) is 13.2 Å². The van der Waals surface area contributed by atoms with Gasteiger partial charge in [0, 0.05) is 17.1 Å². The van der Waals surface area contributed by atoms with Crippen molar-refractivity contribution in [2.45, 2.75) is 6.18 Å². The van der Waals surface area contributed by atoms with Crippen LogP contribution in [0.3, 0.4) is 0 Å². The molecule has 0 amide bonds. The quantitative estimate of drug-likeness (QED) is 0.609. The van der Waals surface area contributed by atoms with Crippen molar-refractivity contribution < 1.29 is 13.2 Å². The molecule has 0 bridgehead atoms. The van der Waals surface area contributed by atoms with Crippen molar-refractivity contribution >= 4 is 11.3 Å². The van der Waals surface area contributed by atoms with Crippen molar-refractivity contribution in [3.05, 3.63) is 65.7 Å². The fourth-order valence-electron chi connectivity index (χ4n) is 2.12. The summed E-state index contributed by atoms with van der Waals surface area (Å²) in [6.07, 6.45) is -2.60. The Morgan fingerprint density at radius 3 is 2.10 bits per heavy atom. The molecular formula is C16H10F3NS. The molecule has 0 radical (unpaired) electrons. The Morgan fingerprint density at radius 1 is 0.857 bits per heavy atom. The van der Waals surface area contributed by atoms with Crippen LogP contribution < -0.4 is 0 Å². The molecule has 0 saturated carbocycles. The maximum absolute atomic E-state index is 12.6. The third kappa shape index (κ3) is 2.83. The zero-order chi connectivity index (χ0) is 14.9. The monoisotopic (exact) mass is 305 g/mol. The minimum Gasteiger partial charge on any atom is -0.245 e. The van der Waals surface area contributed by atoms with E-state index in [0.717, 1.165) is 33.8 Å². The molecule has 0 spiro atoms. The molecule has 5 heteroatoms. The molecule has 106 valence electrons. The third-order valence-electron chi connectivity index (χ3n) is 3.11. The van der Waals surface area contributed by atoms with E-state index in [2.05, 4.69) is 4.98 Å². The van der Waals surface area contributed by atoms with Gasteiger partial charge in [-0.3, -0.25) is 0 Å². The number of hydrogen-bond acceptors (Lipinski definition) is 2. The first-order valence-electron chi connectivity index (χ1n) is 6.22. The van der Waals surface area contributed by atoms with E-state index in [-0.39, 0.29) is 0 Å². The Hall–Kier alpha value is -2.14. The summed E-state index contributed by atoms with van der Waals surface area (Å²) in [7, 11) is 0. The van der Waals surface area contributed by atoms with Crippen molar-refractivity contribution in [1.29, 1.82) is 0 Å². The van der Waals surface area contributed by atoms with Gasteiger partial charge in [0.05, 0.1) is 5.56 Å². The molecule has 0 aliphatic heterocycles. The van der Waals surface area contributed by atoms with Crippen LogP contribution in [0.25, 0.3) is 21.7 Å². The van der Waals surface area contributed by atoms with Crippen LogP contribution in [0.15, 0.2) is 60.1 Å². The van der Waals surface area contributed by atoms with E-state index in [1.807, 2.05) is 29.6 Å². The first kappa shape index (κ1) is 13.8. The number of halogens is 3. The SMILES string of the molecule is FC(F)(F)c1ccc(-c2ccccc2-c2nccs2)cc1. The van der Waals surface area contributed by atoms with Gasteiger partial charge in [0.15, 0.2) is 0 Å². The van der Waals surface area contributed by atoms with Crippen molar-refractivity contribution in [1.82, 2.24) is 4.98 Å². The van der Waals surface area contributed by atoms with Gasteiger partial charge in [-0.2, -0.15) is 13.2 Å². The second kappa shape index (κ2) is 5.33. The molecule has 1 heterocycles. The van der Waals surface area contributed by atoms with Crippen LogP contribution in [-0.2, 0) is 6.18 Å². The van der Waals surface area contributed by atoms with E-state index in [1.165, 1.54) is 23.5 Å². The highest BCUT2D eigenvalue weighted by atomic mass is 32.1. The minimum absolute atomic E-state index is 0.641. The minimum atomic E-state index is -4.31. The summed E-state index contributed by atoms with van der Waals surface area (Å²) >= 11 is 1.50. The van der Waals surface area contributed by atoms with Crippen molar-refractivity contribution in [3.63, 3.8) is 0 Å². The number of aromatic nitrogens is 1. The highest BCUT2D eigenvalue weighted by molar-refractivity contribution is 7.13. The van der Waals surface area contributed by atoms with Crippen LogP contribution in [-0.4, -0.2) is 4.98 Å². The highest BCUT2D eigenvalue weighted by Gasteiger charge is 2.30. The second-order valence-electron chi connectivity index (χ2n) is 4.46. The molecule has 3 rings (SSSR count). The molecular weight excluding hydrogens is 295 g/mol. The van der Waals surface area contributed by atoms with Crippen LogP contribution in [0.4, 0.5) is 13.2 Å². The smallest absolute Gasteiger partial charge is 0.245 e. The summed E-state index contributed by atoms with van der Waals surface area (Å²) in [5.41, 5.74) is 1.90. The fraction of sp³-hybridized carbons (Fsp3) is 0.0625. The second-order valence-corrected chi connectivity index (χ2v) is 5.35. The van der Waals surface area contributed by atoms with Crippen molar-refractivity contribution in [2.75, 3.05) is 0 Å². The van der Waals surface area contributed by atoms with Gasteiger partial charge in [0.2, 0.25) is 0 Å². The number of alkyl halides is 3. The first-order chi connectivity index (χ1) is 10.1. The van der Waals surface area contributed by atoms with Crippen molar-refractivity contribution in [2.24, 2.45) is 0 Å². The molecule has 0 saturated heterocycles. The third-order valence-corrected chi connectivity index (χ3v) is 3.92. The summed E-state index contributed by atoms with van der Waals surface area (Å²) in [6.45, 7) is 0. The number of hydrogen-bond donors (Lipinski definition) is 0. The molecule has 0 N–H and O–H groups in total. The molecule has 1 aromatic heterocycles. The lowest BCUT2D eigenvalue weighted by Gasteiger charge is -2.10. The molecule has 3 aromatic rings. The van der Waals surface area contributed by atoms with Gasteiger partial charge in [-0.15, -0.1) is 11.3 Å². The number of benzene rings is 2. The predicted octanol–water partition coefficient (Wildman–Crippen LogP) is 5.50. The van der Waals surface area contributed by atoms with E-state index < -0.39 is 11.7 Å². The Labute approximate surface area is 123 Å². The largest absolute Gasteiger partial charge is 0.416 e. The molecule has 0 atom stereocenters. The number of thiazole rings is 1. The Bertz CT molecular complexity index is 731. The molecule has 0 unspecified atom stereocenters. The molecule has 1 nitrogen and oxygen atoms in total. The highest BCUT2D eigenvalue weighted by Crippen LogP contribution is 2.35. The standard InChI is InChI=1S/C16H10F3NS/c17-16(18,19)12-7-5-11(6-8-12)13-3-1-2-4-14(13)15-20-9-10-21-15/h1-10H. The number of nitrogens with zero attached hydrogens (tertiary/aromatic N) is 1. The van der Waals surface area contributed by atoms with E-state index in [4.69, 9.17) is 0 Å². The Morgan fingerprint density at radius 2 is 1.52 bits per heavy atom. The van der Waals surface area contributed by atoms with Gasteiger partial charge >= 0.3 is 6.18 Å². The van der Waals surface area contributed by atoms with Crippen LogP contribution >= 0.6 is 11.3 Å². The summed E-state index contributed by atoms with van der Waals surface area (Å²) in [5.74, 6) is 0. The Kier molecular flexibility index (Phi) is 3.51. The normalized spacial score (nSPS) is 11.6. The molecule has 21 heavy (non-hydrogen) atoms. The summed E-state index contributed by atoms with van der Waals surface area (Å²) in [5, 5.41) is 2.73. The van der Waals surface area contributed by atoms with E-state index in [1.54, 1.807) is 6.20 Å². The zero-order valence-corrected chi connectivity index (χ0v) is 11.6. The maximum atomic E-state index is 12.6. The van der Waals surface area contributed by atoms with E-state index >= 15 is 0 Å². The maximum Gasteiger partial charge on any atom is 0.416 e. The zero-order valence-electron chi connectivity index (χ0n) is 10.8. The average molecular weight is 305 g/mol. The lowest BCUT2D eigenvalue weighted by atomic mass is 9.99. The first-order valence-corrected chi connectivity index (χ1v) is 7.10. The van der Waals surface area contributed by atoms with Gasteiger partial charge in [0.1, 0.15) is 5.01 Å². The number of rotatable bonds is 2. The fourth-order valence-corrected chi connectivity index (χ4v) is 2.79. The lowest BCUT2D eigenvalue weighted by Crippen LogP contribution is -2.04. The topological polar surface area (TPSA) is 12.9 Å².